The Morgan fingerprint density at radius 1 is 0.826 bits per heavy atom. The van der Waals surface area contributed by atoms with E-state index in [1.807, 2.05) is 36.4 Å². The van der Waals surface area contributed by atoms with Crippen LogP contribution in [0.5, 0.6) is 11.5 Å². The third-order valence-electron chi connectivity index (χ3n) is 3.99. The van der Waals surface area contributed by atoms with E-state index >= 15 is 0 Å². The van der Waals surface area contributed by atoms with Crippen molar-refractivity contribution in [3.05, 3.63) is 48.0 Å². The summed E-state index contributed by atoms with van der Waals surface area (Å²) in [4.78, 5) is 0. The summed E-state index contributed by atoms with van der Waals surface area (Å²) in [6, 6.07) is 13.5. The summed E-state index contributed by atoms with van der Waals surface area (Å²) in [6.45, 7) is 4.39. The molecule has 0 saturated heterocycles. The highest BCUT2D eigenvalue weighted by Crippen LogP contribution is 2.34. The zero-order valence-corrected chi connectivity index (χ0v) is 14.2. The lowest BCUT2D eigenvalue weighted by molar-refractivity contribution is 0.403. The Kier molecular flexibility index (Phi) is 6.15. The molecule has 122 valence electrons. The Balaban J connectivity index is 2.25. The van der Waals surface area contributed by atoms with E-state index in [-0.39, 0.29) is 0 Å². The van der Waals surface area contributed by atoms with Crippen LogP contribution in [0.3, 0.4) is 0 Å². The third-order valence-corrected chi connectivity index (χ3v) is 3.99. The van der Waals surface area contributed by atoms with E-state index in [0.717, 1.165) is 35.7 Å². The van der Waals surface area contributed by atoms with Crippen molar-refractivity contribution < 1.29 is 9.47 Å². The van der Waals surface area contributed by atoms with Crippen molar-refractivity contribution in [3.63, 3.8) is 0 Å². The van der Waals surface area contributed by atoms with E-state index in [1.165, 1.54) is 5.56 Å². The molecule has 0 N–H and O–H groups in total. The van der Waals surface area contributed by atoms with Crippen molar-refractivity contribution in [3.8, 4) is 11.5 Å². The van der Waals surface area contributed by atoms with Gasteiger partial charge in [0.2, 0.25) is 0 Å². The van der Waals surface area contributed by atoms with Gasteiger partial charge in [0.25, 0.3) is 0 Å². The molecule has 23 heavy (non-hydrogen) atoms. The number of nitrogens with zero attached hydrogens (tertiary/aromatic N) is 2. The van der Waals surface area contributed by atoms with Gasteiger partial charge in [-0.2, -0.15) is 10.2 Å². The second-order valence-corrected chi connectivity index (χ2v) is 5.34. The van der Waals surface area contributed by atoms with Crippen molar-refractivity contribution in [2.75, 3.05) is 14.2 Å². The first-order valence-electron chi connectivity index (χ1n) is 7.95. The monoisotopic (exact) mass is 312 g/mol. The van der Waals surface area contributed by atoms with E-state index in [0.29, 0.717) is 5.92 Å². The number of hydrogen-bond donors (Lipinski definition) is 0. The first-order chi connectivity index (χ1) is 11.2. The Bertz CT molecular complexity index is 647. The number of methoxy groups -OCH3 is 2. The van der Waals surface area contributed by atoms with Crippen LogP contribution in [-0.4, -0.2) is 14.2 Å². The van der Waals surface area contributed by atoms with Crippen molar-refractivity contribution in [2.45, 2.75) is 32.6 Å². The second-order valence-electron chi connectivity index (χ2n) is 5.34. The lowest BCUT2D eigenvalue weighted by atomic mass is 9.93. The molecule has 0 radical (unpaired) electrons. The van der Waals surface area contributed by atoms with E-state index in [1.54, 1.807) is 14.2 Å². The van der Waals surface area contributed by atoms with Gasteiger partial charge in [-0.25, -0.2) is 0 Å². The number of hydrogen-bond acceptors (Lipinski definition) is 4. The number of ether oxygens (including phenoxy) is 2. The van der Waals surface area contributed by atoms with Crippen molar-refractivity contribution in [1.29, 1.82) is 0 Å². The highest BCUT2D eigenvalue weighted by Gasteiger charge is 2.13. The minimum atomic E-state index is 0.473. The largest absolute Gasteiger partial charge is 0.497 e. The molecule has 4 nitrogen and oxygen atoms in total. The highest BCUT2D eigenvalue weighted by atomic mass is 16.5. The molecule has 0 fully saturated rings. The molecule has 2 rings (SSSR count). The number of azo groups is 1. The molecule has 0 spiro atoms. The average Bonchev–Trinajstić information content (AvgIpc) is 2.61. The standard InChI is InChI=1S/C19H24N2O2/c1-5-14(6-2)18-13-16(9-12-19(18)23-4)21-20-15-7-10-17(22-3)11-8-15/h7-14H,5-6H2,1-4H3. The Labute approximate surface area is 138 Å². The summed E-state index contributed by atoms with van der Waals surface area (Å²) < 4.78 is 10.6. The van der Waals surface area contributed by atoms with Gasteiger partial charge in [-0.1, -0.05) is 13.8 Å². The fourth-order valence-electron chi connectivity index (χ4n) is 2.60. The summed E-state index contributed by atoms with van der Waals surface area (Å²) in [5.41, 5.74) is 2.83. The molecule has 0 amide bonds. The van der Waals surface area contributed by atoms with Crippen LogP contribution in [-0.2, 0) is 0 Å². The van der Waals surface area contributed by atoms with Crippen LogP contribution >= 0.6 is 0 Å². The maximum Gasteiger partial charge on any atom is 0.122 e. The zero-order chi connectivity index (χ0) is 16.7. The van der Waals surface area contributed by atoms with Gasteiger partial charge in [0.15, 0.2) is 0 Å². The molecule has 0 unspecified atom stereocenters. The lowest BCUT2D eigenvalue weighted by Crippen LogP contribution is -1.99. The van der Waals surface area contributed by atoms with E-state index < -0.39 is 0 Å². The van der Waals surface area contributed by atoms with Crippen LogP contribution in [0, 0.1) is 0 Å². The molecule has 0 aliphatic rings. The van der Waals surface area contributed by atoms with E-state index in [9.17, 15) is 0 Å². The quantitative estimate of drug-likeness (QED) is 0.586. The summed E-state index contributed by atoms with van der Waals surface area (Å²) >= 11 is 0. The molecule has 0 aliphatic heterocycles. The van der Waals surface area contributed by atoms with Crippen LogP contribution in [0.2, 0.25) is 0 Å². The maximum atomic E-state index is 5.49. The maximum absolute atomic E-state index is 5.49. The molecule has 4 heteroatoms. The minimum Gasteiger partial charge on any atom is -0.497 e. The van der Waals surface area contributed by atoms with Crippen LogP contribution in [0.4, 0.5) is 11.4 Å². The molecule has 2 aromatic carbocycles. The van der Waals surface area contributed by atoms with Crippen LogP contribution in [0.25, 0.3) is 0 Å². The van der Waals surface area contributed by atoms with Crippen molar-refractivity contribution >= 4 is 11.4 Å². The lowest BCUT2D eigenvalue weighted by Gasteiger charge is -2.16. The summed E-state index contributed by atoms with van der Waals surface area (Å²) in [5, 5.41) is 8.64. The zero-order valence-electron chi connectivity index (χ0n) is 14.2. The van der Waals surface area contributed by atoms with Crippen LogP contribution in [0.1, 0.15) is 38.2 Å². The fourth-order valence-corrected chi connectivity index (χ4v) is 2.60. The molecule has 2 aromatic rings. The number of benzene rings is 2. The topological polar surface area (TPSA) is 43.2 Å². The van der Waals surface area contributed by atoms with Crippen molar-refractivity contribution in [1.82, 2.24) is 0 Å². The molecule has 0 heterocycles. The summed E-state index contributed by atoms with van der Waals surface area (Å²) in [6.07, 6.45) is 2.15. The predicted molar refractivity (Wildman–Crippen MR) is 93.5 cm³/mol. The van der Waals surface area contributed by atoms with Gasteiger partial charge in [-0.3, -0.25) is 0 Å². The van der Waals surface area contributed by atoms with Gasteiger partial charge in [0.05, 0.1) is 25.6 Å². The van der Waals surface area contributed by atoms with Crippen LogP contribution < -0.4 is 9.47 Å². The van der Waals surface area contributed by atoms with Gasteiger partial charge >= 0.3 is 0 Å². The average molecular weight is 312 g/mol. The molecule has 0 atom stereocenters. The molecule has 0 bridgehead atoms. The summed E-state index contributed by atoms with van der Waals surface area (Å²) in [7, 11) is 3.35. The Morgan fingerprint density at radius 3 is 2.00 bits per heavy atom. The third kappa shape index (κ3) is 4.31. The van der Waals surface area contributed by atoms with E-state index in [4.69, 9.17) is 9.47 Å². The van der Waals surface area contributed by atoms with Gasteiger partial charge in [0, 0.05) is 0 Å². The molecular weight excluding hydrogens is 288 g/mol. The Hall–Kier alpha value is -2.36. The van der Waals surface area contributed by atoms with Gasteiger partial charge < -0.3 is 9.47 Å². The van der Waals surface area contributed by atoms with E-state index in [2.05, 4.69) is 30.1 Å². The van der Waals surface area contributed by atoms with Crippen LogP contribution in [0.15, 0.2) is 52.7 Å². The molecular formula is C19H24N2O2. The van der Waals surface area contributed by atoms with Gasteiger partial charge in [-0.05, 0) is 66.8 Å². The highest BCUT2D eigenvalue weighted by molar-refractivity contribution is 5.49. The second kappa shape index (κ2) is 8.32. The van der Waals surface area contributed by atoms with Gasteiger partial charge in [-0.15, -0.1) is 0 Å². The first-order valence-corrected chi connectivity index (χ1v) is 7.95. The predicted octanol–water partition coefficient (Wildman–Crippen LogP) is 6.02. The molecule has 0 aliphatic carbocycles. The SMILES string of the molecule is CCC(CC)c1cc(N=Nc2ccc(OC)cc2)ccc1OC. The normalized spacial score (nSPS) is 11.2. The molecule has 0 saturated carbocycles. The minimum absolute atomic E-state index is 0.473. The first kappa shape index (κ1) is 17.0. The van der Waals surface area contributed by atoms with Gasteiger partial charge in [0.1, 0.15) is 11.5 Å². The Morgan fingerprint density at radius 2 is 1.43 bits per heavy atom. The molecule has 0 aromatic heterocycles. The van der Waals surface area contributed by atoms with Crippen molar-refractivity contribution in [2.24, 2.45) is 10.2 Å². The fraction of sp³-hybridized carbons (Fsp3) is 0.368. The number of rotatable bonds is 7. The smallest absolute Gasteiger partial charge is 0.122 e. The summed E-state index contributed by atoms with van der Waals surface area (Å²) in [5.74, 6) is 2.20.